The van der Waals surface area contributed by atoms with E-state index in [9.17, 15) is 0 Å². The zero-order valence-corrected chi connectivity index (χ0v) is 11.2. The van der Waals surface area contributed by atoms with Gasteiger partial charge in [-0.3, -0.25) is 4.98 Å². The Morgan fingerprint density at radius 1 is 1.22 bits per heavy atom. The van der Waals surface area contributed by atoms with Crippen molar-refractivity contribution < 1.29 is 4.74 Å². The van der Waals surface area contributed by atoms with Crippen LogP contribution >= 0.6 is 23.2 Å². The molecule has 0 amide bonds. The Labute approximate surface area is 115 Å². The van der Waals surface area contributed by atoms with Gasteiger partial charge in [-0.15, -0.1) is 0 Å². The second kappa shape index (κ2) is 6.00. The number of ether oxygens (including phenoxy) is 1. The van der Waals surface area contributed by atoms with Crippen LogP contribution in [0, 0.1) is 0 Å². The number of aromatic nitrogens is 2. The van der Waals surface area contributed by atoms with Crippen LogP contribution in [0.1, 0.15) is 5.69 Å². The van der Waals surface area contributed by atoms with Crippen molar-refractivity contribution in [1.29, 1.82) is 0 Å². The Bertz CT molecular complexity index is 531. The third-order valence-corrected chi connectivity index (χ3v) is 2.69. The maximum Gasteiger partial charge on any atom is 0.237 e. The molecule has 0 saturated carbocycles. The molecule has 1 aromatic carbocycles. The van der Waals surface area contributed by atoms with Crippen LogP contribution in [-0.2, 0) is 6.54 Å². The van der Waals surface area contributed by atoms with Gasteiger partial charge < -0.3 is 10.1 Å². The van der Waals surface area contributed by atoms with Crippen LogP contribution in [0.2, 0.25) is 10.0 Å². The monoisotopic (exact) mass is 283 g/mol. The molecule has 2 aromatic rings. The number of hydrogen-bond acceptors (Lipinski definition) is 4. The molecular weight excluding hydrogens is 273 g/mol. The molecule has 1 aromatic heterocycles. The first-order valence-electron chi connectivity index (χ1n) is 5.27. The van der Waals surface area contributed by atoms with Crippen molar-refractivity contribution in [3.8, 4) is 11.6 Å². The highest BCUT2D eigenvalue weighted by Gasteiger charge is 2.05. The molecule has 0 fully saturated rings. The van der Waals surface area contributed by atoms with Crippen LogP contribution in [0.15, 0.2) is 30.6 Å². The first-order chi connectivity index (χ1) is 8.69. The lowest BCUT2D eigenvalue weighted by Crippen LogP contribution is -2.07. The van der Waals surface area contributed by atoms with Crippen LogP contribution in [0.3, 0.4) is 0 Å². The van der Waals surface area contributed by atoms with Crippen molar-refractivity contribution in [3.63, 3.8) is 0 Å². The molecule has 0 atom stereocenters. The van der Waals surface area contributed by atoms with E-state index in [1.54, 1.807) is 30.6 Å². The SMILES string of the molecule is CNCc1cnc(Oc2cc(Cl)ccc2Cl)cn1. The minimum atomic E-state index is 0.374. The predicted octanol–water partition coefficient (Wildman–Crippen LogP) is 3.30. The molecule has 0 aliphatic rings. The topological polar surface area (TPSA) is 47.0 Å². The standard InChI is InChI=1S/C12H11Cl2N3O/c1-15-5-9-6-17-12(7-16-9)18-11-4-8(13)2-3-10(11)14/h2-4,6-7,15H,5H2,1H3. The molecular formula is C12H11Cl2N3O. The van der Waals surface area contributed by atoms with E-state index in [1.807, 2.05) is 7.05 Å². The smallest absolute Gasteiger partial charge is 0.237 e. The van der Waals surface area contributed by atoms with Crippen molar-refractivity contribution in [2.45, 2.75) is 6.54 Å². The quantitative estimate of drug-likeness (QED) is 0.935. The van der Waals surface area contributed by atoms with E-state index < -0.39 is 0 Å². The fraction of sp³-hybridized carbons (Fsp3) is 0.167. The van der Waals surface area contributed by atoms with Gasteiger partial charge in [-0.25, -0.2) is 4.98 Å². The van der Waals surface area contributed by atoms with E-state index in [1.165, 1.54) is 0 Å². The van der Waals surface area contributed by atoms with Gasteiger partial charge in [-0.1, -0.05) is 23.2 Å². The average Bonchev–Trinajstić information content (AvgIpc) is 2.37. The molecule has 0 aliphatic heterocycles. The van der Waals surface area contributed by atoms with E-state index in [-0.39, 0.29) is 0 Å². The Morgan fingerprint density at radius 2 is 2.06 bits per heavy atom. The summed E-state index contributed by atoms with van der Waals surface area (Å²) < 4.78 is 5.51. The molecule has 2 rings (SSSR count). The lowest BCUT2D eigenvalue weighted by molar-refractivity contribution is 0.459. The van der Waals surface area contributed by atoms with Gasteiger partial charge in [0.25, 0.3) is 0 Å². The highest BCUT2D eigenvalue weighted by molar-refractivity contribution is 6.34. The van der Waals surface area contributed by atoms with Gasteiger partial charge >= 0.3 is 0 Å². The summed E-state index contributed by atoms with van der Waals surface area (Å²) in [4.78, 5) is 8.33. The Hall–Kier alpha value is -1.36. The van der Waals surface area contributed by atoms with Crippen LogP contribution < -0.4 is 10.1 Å². The van der Waals surface area contributed by atoms with Crippen molar-refractivity contribution in [2.24, 2.45) is 0 Å². The summed E-state index contributed by atoms with van der Waals surface area (Å²) in [6.45, 7) is 0.658. The summed E-state index contributed by atoms with van der Waals surface area (Å²) in [5.41, 5.74) is 0.835. The van der Waals surface area contributed by atoms with Gasteiger partial charge in [0.1, 0.15) is 5.75 Å². The maximum atomic E-state index is 5.99. The van der Waals surface area contributed by atoms with E-state index in [4.69, 9.17) is 27.9 Å². The summed E-state index contributed by atoms with van der Waals surface area (Å²) in [5, 5.41) is 4.01. The number of nitrogens with one attached hydrogen (secondary N) is 1. The van der Waals surface area contributed by atoms with Gasteiger partial charge in [-0.2, -0.15) is 0 Å². The van der Waals surface area contributed by atoms with E-state index in [0.29, 0.717) is 28.2 Å². The lowest BCUT2D eigenvalue weighted by atomic mass is 10.3. The fourth-order valence-corrected chi connectivity index (χ4v) is 1.65. The van der Waals surface area contributed by atoms with Crippen molar-refractivity contribution in [1.82, 2.24) is 15.3 Å². The third kappa shape index (κ3) is 3.32. The number of benzene rings is 1. The minimum absolute atomic E-state index is 0.374. The Kier molecular flexibility index (Phi) is 4.36. The first kappa shape index (κ1) is 13.1. The Balaban J connectivity index is 2.15. The predicted molar refractivity (Wildman–Crippen MR) is 71.3 cm³/mol. The zero-order chi connectivity index (χ0) is 13.0. The fourth-order valence-electron chi connectivity index (χ4n) is 1.34. The largest absolute Gasteiger partial charge is 0.436 e. The number of rotatable bonds is 4. The van der Waals surface area contributed by atoms with Crippen LogP contribution in [0.25, 0.3) is 0 Å². The highest BCUT2D eigenvalue weighted by atomic mass is 35.5. The van der Waals surface area contributed by atoms with Crippen molar-refractivity contribution in [2.75, 3.05) is 7.05 Å². The highest BCUT2D eigenvalue weighted by Crippen LogP contribution is 2.30. The molecule has 0 spiro atoms. The second-order valence-electron chi connectivity index (χ2n) is 3.55. The van der Waals surface area contributed by atoms with Gasteiger partial charge in [0, 0.05) is 17.6 Å². The van der Waals surface area contributed by atoms with Gasteiger partial charge in [0.15, 0.2) is 0 Å². The molecule has 0 radical (unpaired) electrons. The van der Waals surface area contributed by atoms with Gasteiger partial charge in [0.05, 0.1) is 23.1 Å². The zero-order valence-electron chi connectivity index (χ0n) is 9.65. The second-order valence-corrected chi connectivity index (χ2v) is 4.40. The maximum absolute atomic E-state index is 5.99. The molecule has 4 nitrogen and oxygen atoms in total. The summed E-state index contributed by atoms with van der Waals surface area (Å²) in [6.07, 6.45) is 3.19. The van der Waals surface area contributed by atoms with Gasteiger partial charge in [-0.05, 0) is 19.2 Å². The molecule has 0 saturated heterocycles. The summed E-state index contributed by atoms with van der Waals surface area (Å²) in [6, 6.07) is 4.99. The average molecular weight is 284 g/mol. The molecule has 6 heteroatoms. The number of halogens is 2. The summed E-state index contributed by atoms with van der Waals surface area (Å²) in [5.74, 6) is 0.832. The molecule has 1 N–H and O–H groups in total. The van der Waals surface area contributed by atoms with Crippen LogP contribution in [0.5, 0.6) is 11.6 Å². The van der Waals surface area contributed by atoms with Crippen LogP contribution in [-0.4, -0.2) is 17.0 Å². The summed E-state index contributed by atoms with van der Waals surface area (Å²) in [7, 11) is 1.85. The van der Waals surface area contributed by atoms with E-state index in [0.717, 1.165) is 5.69 Å². The molecule has 0 aliphatic carbocycles. The minimum Gasteiger partial charge on any atom is -0.436 e. The molecule has 18 heavy (non-hydrogen) atoms. The van der Waals surface area contributed by atoms with Gasteiger partial charge in [0.2, 0.25) is 5.88 Å². The van der Waals surface area contributed by atoms with Crippen molar-refractivity contribution >= 4 is 23.2 Å². The third-order valence-electron chi connectivity index (χ3n) is 2.15. The van der Waals surface area contributed by atoms with E-state index in [2.05, 4.69) is 15.3 Å². The van der Waals surface area contributed by atoms with E-state index >= 15 is 0 Å². The molecule has 1 heterocycles. The molecule has 94 valence electrons. The Morgan fingerprint density at radius 3 is 2.72 bits per heavy atom. The number of hydrogen-bond donors (Lipinski definition) is 1. The lowest BCUT2D eigenvalue weighted by Gasteiger charge is -2.07. The van der Waals surface area contributed by atoms with Crippen LogP contribution in [0.4, 0.5) is 0 Å². The first-order valence-corrected chi connectivity index (χ1v) is 6.03. The number of nitrogens with zero attached hydrogens (tertiary/aromatic N) is 2. The molecule has 0 bridgehead atoms. The summed E-state index contributed by atoms with van der Waals surface area (Å²) >= 11 is 11.9. The van der Waals surface area contributed by atoms with Crippen molar-refractivity contribution in [3.05, 3.63) is 46.3 Å². The molecule has 0 unspecified atom stereocenters. The normalized spacial score (nSPS) is 10.4.